The van der Waals surface area contributed by atoms with Crippen LogP contribution in [0, 0.1) is 11.3 Å². The molecular weight excluding hydrogens is 202 g/mol. The number of rotatable bonds is 2. The highest BCUT2D eigenvalue weighted by Gasteiger charge is 2.10. The molecule has 4 nitrogen and oxygen atoms in total. The van der Waals surface area contributed by atoms with Gasteiger partial charge in [0.1, 0.15) is 11.6 Å². The first-order valence-electron chi connectivity index (χ1n) is 4.73. The number of hydrogen-bond acceptors (Lipinski definition) is 3. The van der Waals surface area contributed by atoms with Crippen molar-refractivity contribution < 1.29 is 4.79 Å². The normalized spacial score (nSPS) is 10.7. The van der Waals surface area contributed by atoms with Crippen LogP contribution in [0.3, 0.4) is 0 Å². The van der Waals surface area contributed by atoms with Gasteiger partial charge in [0.25, 0.3) is 5.91 Å². The molecule has 16 heavy (non-hydrogen) atoms. The average Bonchev–Trinajstić information content (AvgIpc) is 2.27. The first kappa shape index (κ1) is 11.8. The smallest absolute Gasteiger partial charge is 0.264 e. The highest BCUT2D eigenvalue weighted by Crippen LogP contribution is 2.10. The molecule has 0 heterocycles. The second-order valence-electron chi connectivity index (χ2n) is 3.54. The van der Waals surface area contributed by atoms with Crippen molar-refractivity contribution >= 4 is 17.7 Å². The van der Waals surface area contributed by atoms with Gasteiger partial charge < -0.3 is 10.6 Å². The first-order valence-corrected chi connectivity index (χ1v) is 4.73. The van der Waals surface area contributed by atoms with Gasteiger partial charge in [-0.25, -0.2) is 0 Å². The van der Waals surface area contributed by atoms with Gasteiger partial charge in [-0.3, -0.25) is 4.79 Å². The molecule has 1 aromatic carbocycles. The van der Waals surface area contributed by atoms with Gasteiger partial charge in [-0.2, -0.15) is 5.26 Å². The number of amides is 1. The molecule has 0 aliphatic rings. The maximum absolute atomic E-state index is 11.6. The zero-order chi connectivity index (χ0) is 12.1. The summed E-state index contributed by atoms with van der Waals surface area (Å²) in [5.41, 5.74) is 7.07. The van der Waals surface area contributed by atoms with Crippen molar-refractivity contribution in [1.29, 1.82) is 5.26 Å². The third-order valence-corrected chi connectivity index (χ3v) is 2.00. The Morgan fingerprint density at radius 1 is 1.38 bits per heavy atom. The van der Waals surface area contributed by atoms with Crippen LogP contribution in [0.4, 0.5) is 5.69 Å². The average molecular weight is 215 g/mol. The number of carbonyl (C=O) groups excluding carboxylic acids is 1. The maximum Gasteiger partial charge on any atom is 0.264 e. The summed E-state index contributed by atoms with van der Waals surface area (Å²) >= 11 is 0. The summed E-state index contributed by atoms with van der Waals surface area (Å²) in [7, 11) is 3.22. The molecule has 1 amide bonds. The van der Waals surface area contributed by atoms with Gasteiger partial charge in [-0.15, -0.1) is 0 Å². The lowest BCUT2D eigenvalue weighted by atomic mass is 10.1. The SMILES string of the molecule is CN(C)C(=O)C(C#N)=Cc1ccc(N)cc1. The molecule has 0 atom stereocenters. The summed E-state index contributed by atoms with van der Waals surface area (Å²) in [4.78, 5) is 12.9. The van der Waals surface area contributed by atoms with Gasteiger partial charge in [0.2, 0.25) is 0 Å². The minimum absolute atomic E-state index is 0.106. The summed E-state index contributed by atoms with van der Waals surface area (Å²) in [6, 6.07) is 8.85. The molecule has 0 aliphatic carbocycles. The van der Waals surface area contributed by atoms with Crippen molar-refractivity contribution in [3.8, 4) is 6.07 Å². The molecule has 4 heteroatoms. The standard InChI is InChI=1S/C12H13N3O/c1-15(2)12(16)10(8-13)7-9-3-5-11(14)6-4-9/h3-7H,14H2,1-2H3. The number of likely N-dealkylation sites (N-methyl/N-ethyl adjacent to an activating group) is 1. The Kier molecular flexibility index (Phi) is 3.67. The second-order valence-corrected chi connectivity index (χ2v) is 3.54. The number of nitrogens with zero attached hydrogens (tertiary/aromatic N) is 2. The molecule has 0 fully saturated rings. The zero-order valence-electron chi connectivity index (χ0n) is 9.27. The monoisotopic (exact) mass is 215 g/mol. The summed E-state index contributed by atoms with van der Waals surface area (Å²) < 4.78 is 0. The first-order chi connectivity index (χ1) is 7.54. The molecule has 0 unspecified atom stereocenters. The molecule has 0 bridgehead atoms. The fourth-order valence-corrected chi connectivity index (χ4v) is 1.14. The second kappa shape index (κ2) is 4.99. The number of nitrogens with two attached hydrogens (primary N) is 1. The fourth-order valence-electron chi connectivity index (χ4n) is 1.14. The summed E-state index contributed by atoms with van der Waals surface area (Å²) in [6.45, 7) is 0. The van der Waals surface area contributed by atoms with E-state index in [4.69, 9.17) is 11.0 Å². The van der Waals surface area contributed by atoms with Crippen molar-refractivity contribution in [3.63, 3.8) is 0 Å². The molecule has 0 aromatic heterocycles. The van der Waals surface area contributed by atoms with Crippen LogP contribution in [-0.2, 0) is 4.79 Å². The largest absolute Gasteiger partial charge is 0.399 e. The Morgan fingerprint density at radius 3 is 2.38 bits per heavy atom. The van der Waals surface area contributed by atoms with E-state index in [2.05, 4.69) is 0 Å². The van der Waals surface area contributed by atoms with E-state index in [-0.39, 0.29) is 11.5 Å². The molecule has 0 saturated heterocycles. The maximum atomic E-state index is 11.6. The minimum atomic E-state index is -0.306. The highest BCUT2D eigenvalue weighted by molar-refractivity contribution is 6.01. The van der Waals surface area contributed by atoms with Crippen LogP contribution in [0.25, 0.3) is 6.08 Å². The van der Waals surface area contributed by atoms with Crippen LogP contribution >= 0.6 is 0 Å². The molecule has 0 saturated carbocycles. The number of carbonyl (C=O) groups is 1. The van der Waals surface area contributed by atoms with E-state index in [1.165, 1.54) is 4.90 Å². The number of hydrogen-bond donors (Lipinski definition) is 1. The van der Waals surface area contributed by atoms with Gasteiger partial charge in [-0.05, 0) is 23.8 Å². The Bertz CT molecular complexity index is 452. The van der Waals surface area contributed by atoms with E-state index in [0.717, 1.165) is 5.56 Å². The van der Waals surface area contributed by atoms with Crippen molar-refractivity contribution in [1.82, 2.24) is 4.90 Å². The van der Waals surface area contributed by atoms with E-state index in [9.17, 15) is 4.79 Å². The number of anilines is 1. The Labute approximate surface area is 94.6 Å². The minimum Gasteiger partial charge on any atom is -0.399 e. The van der Waals surface area contributed by atoms with Crippen LogP contribution in [0.2, 0.25) is 0 Å². The van der Waals surface area contributed by atoms with E-state index in [1.54, 1.807) is 44.4 Å². The van der Waals surface area contributed by atoms with Gasteiger partial charge in [0.05, 0.1) is 0 Å². The molecule has 0 spiro atoms. The van der Waals surface area contributed by atoms with Crippen molar-refractivity contribution in [2.24, 2.45) is 0 Å². The molecule has 0 aliphatic heterocycles. The highest BCUT2D eigenvalue weighted by atomic mass is 16.2. The number of nitrogen functional groups attached to an aromatic ring is 1. The Morgan fingerprint density at radius 2 is 1.94 bits per heavy atom. The number of nitriles is 1. The summed E-state index contributed by atoms with van der Waals surface area (Å²) in [6.07, 6.45) is 1.54. The van der Waals surface area contributed by atoms with E-state index >= 15 is 0 Å². The Balaban J connectivity index is 3.02. The van der Waals surface area contributed by atoms with E-state index < -0.39 is 0 Å². The lowest BCUT2D eigenvalue weighted by Crippen LogP contribution is -2.22. The molecule has 1 rings (SSSR count). The van der Waals surface area contributed by atoms with Gasteiger partial charge >= 0.3 is 0 Å². The molecule has 0 radical (unpaired) electrons. The van der Waals surface area contributed by atoms with Crippen LogP contribution in [0.15, 0.2) is 29.8 Å². The number of benzene rings is 1. The zero-order valence-corrected chi connectivity index (χ0v) is 9.27. The van der Waals surface area contributed by atoms with Crippen LogP contribution < -0.4 is 5.73 Å². The van der Waals surface area contributed by atoms with Crippen LogP contribution in [0.1, 0.15) is 5.56 Å². The van der Waals surface area contributed by atoms with Crippen LogP contribution in [0.5, 0.6) is 0 Å². The van der Waals surface area contributed by atoms with E-state index in [0.29, 0.717) is 5.69 Å². The molecule has 2 N–H and O–H groups in total. The summed E-state index contributed by atoms with van der Waals surface area (Å²) in [5, 5.41) is 8.87. The summed E-state index contributed by atoms with van der Waals surface area (Å²) in [5.74, 6) is -0.306. The van der Waals surface area contributed by atoms with Gasteiger partial charge in [-0.1, -0.05) is 12.1 Å². The fraction of sp³-hybridized carbons (Fsp3) is 0.167. The third kappa shape index (κ3) is 2.85. The van der Waals surface area contributed by atoms with Crippen molar-refractivity contribution in [3.05, 3.63) is 35.4 Å². The molecular formula is C12H13N3O. The lowest BCUT2D eigenvalue weighted by Gasteiger charge is -2.08. The molecule has 82 valence electrons. The topological polar surface area (TPSA) is 70.1 Å². The predicted octanol–water partition coefficient (Wildman–Crippen LogP) is 1.26. The van der Waals surface area contributed by atoms with Crippen LogP contribution in [-0.4, -0.2) is 24.9 Å². The quantitative estimate of drug-likeness (QED) is 0.458. The Hall–Kier alpha value is -2.28. The predicted molar refractivity (Wildman–Crippen MR) is 63.1 cm³/mol. The third-order valence-electron chi connectivity index (χ3n) is 2.00. The van der Waals surface area contributed by atoms with Crippen molar-refractivity contribution in [2.45, 2.75) is 0 Å². The van der Waals surface area contributed by atoms with Crippen molar-refractivity contribution in [2.75, 3.05) is 19.8 Å². The van der Waals surface area contributed by atoms with Gasteiger partial charge in [0, 0.05) is 19.8 Å². The lowest BCUT2D eigenvalue weighted by molar-refractivity contribution is -0.124. The molecule has 1 aromatic rings. The van der Waals surface area contributed by atoms with Gasteiger partial charge in [0.15, 0.2) is 0 Å². The van der Waals surface area contributed by atoms with E-state index in [1.807, 2.05) is 6.07 Å².